The number of halogens is 2. The zero-order valence-electron chi connectivity index (χ0n) is 12.6. The molecule has 0 aliphatic rings. The van der Waals surface area contributed by atoms with E-state index in [0.717, 1.165) is 36.4 Å². The smallest absolute Gasteiger partial charge is 0.289 e. The van der Waals surface area contributed by atoms with Gasteiger partial charge in [0.2, 0.25) is 5.91 Å². The molecule has 2 N–H and O–H groups in total. The number of nitrogens with one attached hydrogen (secondary N) is 2. The zero-order valence-corrected chi connectivity index (χ0v) is 14.2. The third-order valence-electron chi connectivity index (χ3n) is 2.95. The Hall–Kier alpha value is -2.72. The molecule has 25 heavy (non-hydrogen) atoms. The number of hydrogen-bond donors (Lipinski definition) is 2. The lowest BCUT2D eigenvalue weighted by Crippen LogP contribution is -2.14. The van der Waals surface area contributed by atoms with Crippen LogP contribution in [0.5, 0.6) is 0 Å². The molecule has 2 rings (SSSR count). The molecule has 1 amide bonds. The van der Waals surface area contributed by atoms with Gasteiger partial charge in [-0.3, -0.25) is 19.6 Å². The van der Waals surface area contributed by atoms with Crippen molar-refractivity contribution in [3.8, 4) is 0 Å². The first kappa shape index (κ1) is 18.6. The maximum absolute atomic E-state index is 13.6. The highest BCUT2D eigenvalue weighted by atomic mass is 35.5. The molecular formula is C14H11ClFN3O5S. The number of carbonyl (C=O) groups is 1. The summed E-state index contributed by atoms with van der Waals surface area (Å²) >= 11 is 5.65. The first-order valence-electron chi connectivity index (χ1n) is 6.64. The number of sulfonamides is 1. The minimum Gasteiger partial charge on any atom is -0.324 e. The fraction of sp³-hybridized carbons (Fsp3) is 0.0714. The van der Waals surface area contributed by atoms with Crippen molar-refractivity contribution in [3.63, 3.8) is 0 Å². The molecule has 2 aromatic carbocycles. The summed E-state index contributed by atoms with van der Waals surface area (Å²) in [7, 11) is -4.19. The van der Waals surface area contributed by atoms with Gasteiger partial charge in [-0.05, 0) is 30.3 Å². The first-order chi connectivity index (χ1) is 11.6. The van der Waals surface area contributed by atoms with E-state index in [9.17, 15) is 27.7 Å². The predicted octanol–water partition coefficient (Wildman–Crippen LogP) is 3.15. The number of hydrogen-bond acceptors (Lipinski definition) is 5. The molecule has 8 nitrogen and oxygen atoms in total. The summed E-state index contributed by atoms with van der Waals surface area (Å²) in [6.07, 6.45) is 0. The van der Waals surface area contributed by atoms with Crippen LogP contribution in [-0.2, 0) is 14.8 Å². The summed E-state index contributed by atoms with van der Waals surface area (Å²) in [5, 5.41) is 12.9. The SMILES string of the molecule is CC(=O)Nc1cc(NS(=O)(=O)c2ccc(Cl)c([N+](=O)[O-])c2)ccc1F. The molecule has 11 heteroatoms. The van der Waals surface area contributed by atoms with E-state index in [0.29, 0.717) is 0 Å². The molecule has 0 unspecified atom stereocenters. The number of nitro benzene ring substituents is 1. The van der Waals surface area contributed by atoms with Crippen LogP contribution in [0, 0.1) is 15.9 Å². The number of nitro groups is 1. The van der Waals surface area contributed by atoms with Crippen LogP contribution in [0.15, 0.2) is 41.3 Å². The van der Waals surface area contributed by atoms with Crippen LogP contribution in [0.2, 0.25) is 5.02 Å². The molecule has 0 spiro atoms. The number of rotatable bonds is 5. The highest BCUT2D eigenvalue weighted by Crippen LogP contribution is 2.28. The number of benzene rings is 2. The zero-order chi connectivity index (χ0) is 18.8. The van der Waals surface area contributed by atoms with Crippen LogP contribution in [0.1, 0.15) is 6.92 Å². The molecule has 0 saturated heterocycles. The molecule has 0 aliphatic heterocycles. The Morgan fingerprint density at radius 1 is 1.24 bits per heavy atom. The second-order valence-electron chi connectivity index (χ2n) is 4.85. The molecule has 0 fully saturated rings. The van der Waals surface area contributed by atoms with Gasteiger partial charge in [-0.1, -0.05) is 11.6 Å². The highest BCUT2D eigenvalue weighted by Gasteiger charge is 2.21. The molecule has 0 aromatic heterocycles. The topological polar surface area (TPSA) is 118 Å². The fourth-order valence-electron chi connectivity index (χ4n) is 1.89. The van der Waals surface area contributed by atoms with Crippen molar-refractivity contribution in [2.75, 3.05) is 10.0 Å². The van der Waals surface area contributed by atoms with E-state index in [1.165, 1.54) is 6.92 Å². The quantitative estimate of drug-likeness (QED) is 0.603. The van der Waals surface area contributed by atoms with E-state index in [4.69, 9.17) is 11.6 Å². The Labute approximate surface area is 146 Å². The molecule has 0 bridgehead atoms. The maximum Gasteiger partial charge on any atom is 0.289 e. The van der Waals surface area contributed by atoms with Crippen LogP contribution >= 0.6 is 11.6 Å². The van der Waals surface area contributed by atoms with E-state index in [1.807, 2.05) is 0 Å². The van der Waals surface area contributed by atoms with Gasteiger partial charge in [0.15, 0.2) is 0 Å². The number of carbonyl (C=O) groups excluding carboxylic acids is 1. The lowest BCUT2D eigenvalue weighted by Gasteiger charge is -2.11. The Morgan fingerprint density at radius 2 is 1.92 bits per heavy atom. The van der Waals surface area contributed by atoms with Crippen LogP contribution in [0.25, 0.3) is 0 Å². The summed E-state index contributed by atoms with van der Waals surface area (Å²) in [6, 6.07) is 6.18. The van der Waals surface area contributed by atoms with Crippen LogP contribution < -0.4 is 10.0 Å². The number of nitrogens with zero attached hydrogens (tertiary/aromatic N) is 1. The van der Waals surface area contributed by atoms with Gasteiger partial charge in [0, 0.05) is 13.0 Å². The minimum atomic E-state index is -4.19. The second kappa shape index (κ2) is 7.03. The van der Waals surface area contributed by atoms with E-state index in [-0.39, 0.29) is 16.4 Å². The summed E-state index contributed by atoms with van der Waals surface area (Å²) in [6.45, 7) is 1.17. The lowest BCUT2D eigenvalue weighted by molar-refractivity contribution is -0.384. The summed E-state index contributed by atoms with van der Waals surface area (Å²) in [5.74, 6) is -1.28. The average molecular weight is 388 g/mol. The molecule has 2 aromatic rings. The van der Waals surface area contributed by atoms with Crippen molar-refractivity contribution in [2.45, 2.75) is 11.8 Å². The monoisotopic (exact) mass is 387 g/mol. The Morgan fingerprint density at radius 3 is 2.52 bits per heavy atom. The van der Waals surface area contributed by atoms with Gasteiger partial charge in [0.1, 0.15) is 10.8 Å². The van der Waals surface area contributed by atoms with E-state index in [1.54, 1.807) is 0 Å². The molecule has 0 heterocycles. The van der Waals surface area contributed by atoms with E-state index < -0.39 is 37.3 Å². The van der Waals surface area contributed by atoms with Gasteiger partial charge in [0.25, 0.3) is 15.7 Å². The molecule has 0 atom stereocenters. The maximum atomic E-state index is 13.6. The van der Waals surface area contributed by atoms with Crippen molar-refractivity contribution in [1.29, 1.82) is 0 Å². The number of anilines is 2. The van der Waals surface area contributed by atoms with Crippen molar-refractivity contribution in [3.05, 3.63) is 57.4 Å². The predicted molar refractivity (Wildman–Crippen MR) is 89.6 cm³/mol. The van der Waals surface area contributed by atoms with Gasteiger partial charge in [-0.15, -0.1) is 0 Å². The second-order valence-corrected chi connectivity index (χ2v) is 6.94. The van der Waals surface area contributed by atoms with Crippen molar-refractivity contribution >= 4 is 44.6 Å². The minimum absolute atomic E-state index is 0.0391. The molecule has 0 radical (unpaired) electrons. The fourth-order valence-corrected chi connectivity index (χ4v) is 3.14. The molecular weight excluding hydrogens is 377 g/mol. The van der Waals surface area contributed by atoms with Crippen LogP contribution in [-0.4, -0.2) is 19.2 Å². The molecule has 0 aliphatic carbocycles. The normalized spacial score (nSPS) is 11.0. The average Bonchev–Trinajstić information content (AvgIpc) is 2.49. The van der Waals surface area contributed by atoms with Gasteiger partial charge in [-0.25, -0.2) is 12.8 Å². The van der Waals surface area contributed by atoms with Crippen LogP contribution in [0.4, 0.5) is 21.5 Å². The summed E-state index contributed by atoms with van der Waals surface area (Å²) in [5.41, 5.74) is -0.819. The standard InChI is InChI=1S/C14H11ClFN3O5S/c1-8(20)17-13-6-9(2-5-12(13)16)18-25(23,24)10-3-4-11(15)14(7-10)19(21)22/h2-7,18H,1H3,(H,17,20). The van der Waals surface area contributed by atoms with Gasteiger partial charge < -0.3 is 5.32 Å². The van der Waals surface area contributed by atoms with Gasteiger partial charge in [-0.2, -0.15) is 0 Å². The van der Waals surface area contributed by atoms with Gasteiger partial charge >= 0.3 is 0 Å². The van der Waals surface area contributed by atoms with Gasteiger partial charge in [0.05, 0.1) is 21.2 Å². The number of amides is 1. The third kappa shape index (κ3) is 4.43. The third-order valence-corrected chi connectivity index (χ3v) is 4.65. The lowest BCUT2D eigenvalue weighted by atomic mass is 10.2. The Balaban J connectivity index is 2.38. The first-order valence-corrected chi connectivity index (χ1v) is 8.50. The molecule has 132 valence electrons. The summed E-state index contributed by atoms with van der Waals surface area (Å²) in [4.78, 5) is 20.7. The van der Waals surface area contributed by atoms with Crippen molar-refractivity contribution in [1.82, 2.24) is 0 Å². The van der Waals surface area contributed by atoms with E-state index in [2.05, 4.69) is 10.0 Å². The van der Waals surface area contributed by atoms with Crippen molar-refractivity contribution in [2.24, 2.45) is 0 Å². The van der Waals surface area contributed by atoms with Crippen molar-refractivity contribution < 1.29 is 22.5 Å². The largest absolute Gasteiger partial charge is 0.324 e. The Kier molecular flexibility index (Phi) is 5.24. The van der Waals surface area contributed by atoms with Crippen LogP contribution in [0.3, 0.4) is 0 Å². The Bertz CT molecular complexity index is 965. The summed E-state index contributed by atoms with van der Waals surface area (Å²) < 4.78 is 40.4. The highest BCUT2D eigenvalue weighted by molar-refractivity contribution is 7.92. The van der Waals surface area contributed by atoms with E-state index >= 15 is 0 Å². The molecule has 0 saturated carbocycles.